The van der Waals surface area contributed by atoms with Gasteiger partial charge >= 0.3 is 0 Å². The highest BCUT2D eigenvalue weighted by atomic mass is 32.2. The minimum Gasteiger partial charge on any atom is -0.494 e. The summed E-state index contributed by atoms with van der Waals surface area (Å²) in [5.74, 6) is -0.0523. The summed E-state index contributed by atoms with van der Waals surface area (Å²) in [7, 11) is 0. The predicted molar refractivity (Wildman–Crippen MR) is 131 cm³/mol. The van der Waals surface area contributed by atoms with Crippen molar-refractivity contribution in [2.24, 2.45) is 0 Å². The van der Waals surface area contributed by atoms with Gasteiger partial charge in [0.25, 0.3) is 5.91 Å². The van der Waals surface area contributed by atoms with Gasteiger partial charge in [-0.25, -0.2) is 4.39 Å². The maximum atomic E-state index is 13.4. The molecule has 1 heterocycles. The van der Waals surface area contributed by atoms with E-state index in [4.69, 9.17) is 4.74 Å². The number of thioether (sulfide) groups is 1. The van der Waals surface area contributed by atoms with E-state index in [0.29, 0.717) is 34.5 Å². The second kappa shape index (κ2) is 11.3. The summed E-state index contributed by atoms with van der Waals surface area (Å²) in [6.07, 6.45) is 0. The highest BCUT2D eigenvalue weighted by Crippen LogP contribution is 2.28. The second-order valence-corrected chi connectivity index (χ2v) is 8.17. The Hall–Kier alpha value is -4.18. The first kappa shape index (κ1) is 24.0. The van der Waals surface area contributed by atoms with Crippen LogP contribution < -0.4 is 15.6 Å². The topological polar surface area (TPSA) is 98.1 Å². The summed E-state index contributed by atoms with van der Waals surface area (Å²) in [6.45, 7) is 2.41. The van der Waals surface area contributed by atoms with Crippen molar-refractivity contribution in [2.75, 3.05) is 12.4 Å². The third kappa shape index (κ3) is 6.04. The molecule has 0 unspecified atom stereocenters. The Labute approximate surface area is 205 Å². The number of nitrogens with zero attached hydrogens (tertiary/aromatic N) is 3. The summed E-state index contributed by atoms with van der Waals surface area (Å²) in [4.78, 5) is 24.7. The molecule has 3 aromatic carbocycles. The molecule has 10 heteroatoms. The first-order valence-corrected chi connectivity index (χ1v) is 11.8. The molecule has 1 aromatic heterocycles. The minimum atomic E-state index is -0.447. The van der Waals surface area contributed by atoms with Crippen LogP contribution in [-0.2, 0) is 4.79 Å². The number of hydrazine groups is 1. The molecule has 8 nitrogen and oxygen atoms in total. The molecule has 0 radical (unpaired) electrons. The van der Waals surface area contributed by atoms with Crippen molar-refractivity contribution in [2.45, 2.75) is 12.1 Å². The molecule has 0 aliphatic carbocycles. The van der Waals surface area contributed by atoms with E-state index < -0.39 is 11.8 Å². The summed E-state index contributed by atoms with van der Waals surface area (Å²) in [6, 6.07) is 22.0. The van der Waals surface area contributed by atoms with Crippen molar-refractivity contribution in [3.63, 3.8) is 0 Å². The number of aromatic nitrogens is 3. The lowest BCUT2D eigenvalue weighted by Gasteiger charge is -2.11. The number of carbonyl (C=O) groups excluding carboxylic acids is 2. The summed E-state index contributed by atoms with van der Waals surface area (Å²) in [5.41, 5.74) is 6.66. The van der Waals surface area contributed by atoms with Crippen LogP contribution in [0.5, 0.6) is 5.75 Å². The molecule has 0 aliphatic rings. The Morgan fingerprint density at radius 3 is 2.34 bits per heavy atom. The van der Waals surface area contributed by atoms with Crippen LogP contribution in [0.2, 0.25) is 0 Å². The van der Waals surface area contributed by atoms with Crippen molar-refractivity contribution in [1.82, 2.24) is 25.6 Å². The molecule has 2 N–H and O–H groups in total. The second-order valence-electron chi connectivity index (χ2n) is 7.23. The number of ether oxygens (including phenoxy) is 1. The fraction of sp³-hybridized carbons (Fsp3) is 0.120. The van der Waals surface area contributed by atoms with Crippen molar-refractivity contribution in [3.05, 3.63) is 90.2 Å². The monoisotopic (exact) mass is 491 g/mol. The van der Waals surface area contributed by atoms with Crippen molar-refractivity contribution in [3.8, 4) is 22.8 Å². The molecule has 0 atom stereocenters. The van der Waals surface area contributed by atoms with Gasteiger partial charge in [0.1, 0.15) is 11.6 Å². The Morgan fingerprint density at radius 2 is 1.66 bits per heavy atom. The van der Waals surface area contributed by atoms with Crippen LogP contribution in [0.1, 0.15) is 17.3 Å². The van der Waals surface area contributed by atoms with Gasteiger partial charge in [0.15, 0.2) is 11.0 Å². The molecule has 4 rings (SSSR count). The lowest BCUT2D eigenvalue weighted by molar-refractivity contribution is -0.119. The van der Waals surface area contributed by atoms with Gasteiger partial charge in [-0.05, 0) is 67.6 Å². The van der Waals surface area contributed by atoms with Crippen molar-refractivity contribution in [1.29, 1.82) is 0 Å². The Balaban J connectivity index is 1.42. The lowest BCUT2D eigenvalue weighted by Crippen LogP contribution is -2.42. The number of nitrogens with one attached hydrogen (secondary N) is 2. The SMILES string of the molecule is CCOc1ccc(C(=O)NNC(=O)CSc2nnc(-c3ccc(F)cc3)n2-c2ccccc2)cc1. The molecule has 0 aliphatic heterocycles. The number of amides is 2. The number of halogens is 1. The number of benzene rings is 3. The number of rotatable bonds is 8. The molecular formula is C25H22FN5O3S. The molecule has 0 bridgehead atoms. The van der Waals surface area contributed by atoms with Crippen LogP contribution in [0.4, 0.5) is 4.39 Å². The predicted octanol–water partition coefficient (Wildman–Crippen LogP) is 4.03. The van der Waals surface area contributed by atoms with E-state index >= 15 is 0 Å². The first-order chi connectivity index (χ1) is 17.0. The standard InChI is InChI=1S/C25H22FN5O3S/c1-2-34-21-14-10-18(11-15-21)24(33)29-27-22(32)16-35-25-30-28-23(17-8-12-19(26)13-9-17)31(25)20-6-4-3-5-7-20/h3-15H,2,16H2,1H3,(H,27,32)(H,29,33). The van der Waals surface area contributed by atoms with E-state index in [0.717, 1.165) is 17.4 Å². The van der Waals surface area contributed by atoms with Crippen molar-refractivity contribution >= 4 is 23.6 Å². The van der Waals surface area contributed by atoms with E-state index in [2.05, 4.69) is 21.0 Å². The van der Waals surface area contributed by atoms with Crippen LogP contribution in [0, 0.1) is 5.82 Å². The van der Waals surface area contributed by atoms with Gasteiger partial charge in [-0.3, -0.25) is 25.0 Å². The normalized spacial score (nSPS) is 10.6. The van der Waals surface area contributed by atoms with E-state index in [1.165, 1.54) is 12.1 Å². The molecule has 35 heavy (non-hydrogen) atoms. The van der Waals surface area contributed by atoms with E-state index in [-0.39, 0.29) is 11.6 Å². The molecule has 4 aromatic rings. The van der Waals surface area contributed by atoms with Crippen LogP contribution in [-0.4, -0.2) is 38.9 Å². The van der Waals surface area contributed by atoms with Gasteiger partial charge in [0.05, 0.1) is 12.4 Å². The van der Waals surface area contributed by atoms with Crippen LogP contribution in [0.15, 0.2) is 84.0 Å². The Kier molecular flexibility index (Phi) is 7.74. The average molecular weight is 492 g/mol. The van der Waals surface area contributed by atoms with Crippen molar-refractivity contribution < 1.29 is 18.7 Å². The third-order valence-corrected chi connectivity index (χ3v) is 5.75. The van der Waals surface area contributed by atoms with E-state index in [1.54, 1.807) is 41.0 Å². The molecule has 2 amide bonds. The largest absolute Gasteiger partial charge is 0.494 e. The molecule has 0 spiro atoms. The van der Waals surface area contributed by atoms with Gasteiger partial charge in [-0.15, -0.1) is 10.2 Å². The maximum Gasteiger partial charge on any atom is 0.269 e. The molecule has 178 valence electrons. The lowest BCUT2D eigenvalue weighted by atomic mass is 10.2. The minimum absolute atomic E-state index is 0.0159. The summed E-state index contributed by atoms with van der Waals surface area (Å²) >= 11 is 1.16. The Morgan fingerprint density at radius 1 is 0.943 bits per heavy atom. The van der Waals surface area contributed by atoms with Gasteiger partial charge in [-0.2, -0.15) is 0 Å². The molecule has 0 saturated carbocycles. The van der Waals surface area contributed by atoms with Gasteiger partial charge in [0.2, 0.25) is 5.91 Å². The summed E-state index contributed by atoms with van der Waals surface area (Å²) in [5, 5.41) is 8.97. The zero-order valence-corrected chi connectivity index (χ0v) is 19.6. The molecular weight excluding hydrogens is 469 g/mol. The fourth-order valence-corrected chi connectivity index (χ4v) is 3.95. The number of para-hydroxylation sites is 1. The van der Waals surface area contributed by atoms with Crippen LogP contribution >= 0.6 is 11.8 Å². The number of carbonyl (C=O) groups is 2. The smallest absolute Gasteiger partial charge is 0.269 e. The third-order valence-electron chi connectivity index (χ3n) is 4.83. The van der Waals surface area contributed by atoms with Crippen LogP contribution in [0.3, 0.4) is 0 Å². The zero-order valence-electron chi connectivity index (χ0n) is 18.8. The number of hydrogen-bond donors (Lipinski definition) is 2. The molecule has 0 fully saturated rings. The zero-order chi connectivity index (χ0) is 24.6. The number of hydrogen-bond acceptors (Lipinski definition) is 6. The van der Waals surface area contributed by atoms with E-state index in [9.17, 15) is 14.0 Å². The fourth-order valence-electron chi connectivity index (χ4n) is 3.19. The van der Waals surface area contributed by atoms with Crippen LogP contribution in [0.25, 0.3) is 17.1 Å². The molecule has 0 saturated heterocycles. The highest BCUT2D eigenvalue weighted by molar-refractivity contribution is 7.99. The maximum absolute atomic E-state index is 13.4. The quantitative estimate of drug-likeness (QED) is 0.285. The Bertz CT molecular complexity index is 1300. The first-order valence-electron chi connectivity index (χ1n) is 10.8. The van der Waals surface area contributed by atoms with Gasteiger partial charge in [0, 0.05) is 16.8 Å². The van der Waals surface area contributed by atoms with Gasteiger partial charge < -0.3 is 4.74 Å². The average Bonchev–Trinajstić information content (AvgIpc) is 3.31. The van der Waals surface area contributed by atoms with E-state index in [1.807, 2.05) is 37.3 Å². The highest BCUT2D eigenvalue weighted by Gasteiger charge is 2.17. The summed E-state index contributed by atoms with van der Waals surface area (Å²) < 4.78 is 20.6. The van der Waals surface area contributed by atoms with Gasteiger partial charge in [-0.1, -0.05) is 30.0 Å².